The van der Waals surface area contributed by atoms with Crippen LogP contribution >= 0.6 is 0 Å². The van der Waals surface area contributed by atoms with Gasteiger partial charge in [0, 0.05) is 12.6 Å². The summed E-state index contributed by atoms with van der Waals surface area (Å²) in [6.07, 6.45) is 4.26. The lowest BCUT2D eigenvalue weighted by atomic mass is 9.95. The van der Waals surface area contributed by atoms with E-state index in [1.807, 2.05) is 12.1 Å². The molecule has 110 valence electrons. The Balaban J connectivity index is 1.68. The molecule has 3 unspecified atom stereocenters. The topological polar surface area (TPSA) is 60.0 Å². The number of methoxy groups -OCH3 is 2. The third kappa shape index (κ3) is 2.43. The first-order valence-electron chi connectivity index (χ1n) is 7.04. The van der Waals surface area contributed by atoms with Crippen molar-refractivity contribution in [1.82, 2.24) is 5.32 Å². The number of hydrogen-bond donors (Lipinski definition) is 2. The Morgan fingerprint density at radius 2 is 1.95 bits per heavy atom. The molecular weight excluding hydrogens is 258 g/mol. The summed E-state index contributed by atoms with van der Waals surface area (Å²) in [5.41, 5.74) is 1.03. The van der Waals surface area contributed by atoms with Crippen LogP contribution in [0.3, 0.4) is 0 Å². The lowest BCUT2D eigenvalue weighted by Gasteiger charge is -2.20. The fourth-order valence-electron chi connectivity index (χ4n) is 3.15. The highest BCUT2D eigenvalue weighted by molar-refractivity contribution is 5.52. The lowest BCUT2D eigenvalue weighted by Crippen LogP contribution is -2.36. The van der Waals surface area contributed by atoms with Crippen LogP contribution in [0.4, 0.5) is 0 Å². The first-order chi connectivity index (χ1) is 9.71. The van der Waals surface area contributed by atoms with E-state index in [0.29, 0.717) is 36.3 Å². The van der Waals surface area contributed by atoms with Gasteiger partial charge in [-0.05, 0) is 37.0 Å². The molecule has 2 aliphatic heterocycles. The molecule has 2 heterocycles. The quantitative estimate of drug-likeness (QED) is 0.861. The zero-order chi connectivity index (χ0) is 14.1. The van der Waals surface area contributed by atoms with Gasteiger partial charge in [-0.15, -0.1) is 0 Å². The molecule has 0 amide bonds. The van der Waals surface area contributed by atoms with E-state index < -0.39 is 0 Å². The van der Waals surface area contributed by atoms with Gasteiger partial charge in [0.05, 0.1) is 26.4 Å². The smallest absolute Gasteiger partial charge is 0.200 e. The molecule has 1 aromatic rings. The Kier molecular flexibility index (Phi) is 3.72. The van der Waals surface area contributed by atoms with Gasteiger partial charge in [-0.1, -0.05) is 0 Å². The van der Waals surface area contributed by atoms with Crippen LogP contribution in [0.1, 0.15) is 24.8 Å². The van der Waals surface area contributed by atoms with Gasteiger partial charge in [-0.2, -0.15) is 0 Å². The molecule has 3 atom stereocenters. The van der Waals surface area contributed by atoms with Crippen molar-refractivity contribution in [3.05, 3.63) is 17.7 Å². The van der Waals surface area contributed by atoms with Gasteiger partial charge < -0.3 is 24.6 Å². The van der Waals surface area contributed by atoms with E-state index in [9.17, 15) is 5.11 Å². The summed E-state index contributed by atoms with van der Waals surface area (Å²) >= 11 is 0. The van der Waals surface area contributed by atoms with Crippen molar-refractivity contribution < 1.29 is 19.3 Å². The number of fused-ring (bicyclic) bond motifs is 2. The predicted molar refractivity (Wildman–Crippen MR) is 74.4 cm³/mol. The normalized spacial score (nSPS) is 27.8. The van der Waals surface area contributed by atoms with Crippen molar-refractivity contribution in [2.75, 3.05) is 14.2 Å². The minimum atomic E-state index is 0.0435. The van der Waals surface area contributed by atoms with E-state index in [4.69, 9.17) is 14.2 Å². The molecule has 5 nitrogen and oxygen atoms in total. The Hall–Kier alpha value is -1.46. The van der Waals surface area contributed by atoms with Crippen molar-refractivity contribution in [3.63, 3.8) is 0 Å². The Morgan fingerprint density at radius 1 is 1.25 bits per heavy atom. The first-order valence-corrected chi connectivity index (χ1v) is 7.04. The molecule has 0 saturated carbocycles. The van der Waals surface area contributed by atoms with Crippen LogP contribution in [0.5, 0.6) is 17.2 Å². The summed E-state index contributed by atoms with van der Waals surface area (Å²) in [4.78, 5) is 0. The molecule has 1 aromatic carbocycles. The number of phenols is 1. The Labute approximate surface area is 118 Å². The van der Waals surface area contributed by atoms with Crippen molar-refractivity contribution in [2.24, 2.45) is 0 Å². The standard InChI is InChI=1S/C15H21NO4/c1-18-13-5-9(6-14(19-2)15(13)17)8-16-11-7-10-3-4-12(11)20-10/h5-6,10-12,16-17H,3-4,7-8H2,1-2H3. The molecule has 3 rings (SSSR count). The summed E-state index contributed by atoms with van der Waals surface area (Å²) in [6.45, 7) is 0.713. The summed E-state index contributed by atoms with van der Waals surface area (Å²) in [6, 6.07) is 4.09. The van der Waals surface area contributed by atoms with Gasteiger partial charge >= 0.3 is 0 Å². The number of nitrogens with one attached hydrogen (secondary N) is 1. The number of hydrogen-bond acceptors (Lipinski definition) is 5. The molecule has 0 radical (unpaired) electrons. The highest BCUT2D eigenvalue weighted by Gasteiger charge is 2.40. The van der Waals surface area contributed by atoms with Crippen molar-refractivity contribution >= 4 is 0 Å². The average Bonchev–Trinajstić information content (AvgIpc) is 3.08. The monoisotopic (exact) mass is 279 g/mol. The van der Waals surface area contributed by atoms with E-state index in [1.165, 1.54) is 20.6 Å². The van der Waals surface area contributed by atoms with Gasteiger partial charge in [0.1, 0.15) is 0 Å². The second kappa shape index (κ2) is 5.50. The largest absolute Gasteiger partial charge is 0.502 e. The van der Waals surface area contributed by atoms with Crippen LogP contribution in [0.15, 0.2) is 12.1 Å². The third-order valence-electron chi connectivity index (χ3n) is 4.21. The van der Waals surface area contributed by atoms with Gasteiger partial charge in [0.25, 0.3) is 0 Å². The molecule has 2 aliphatic rings. The van der Waals surface area contributed by atoms with Crippen molar-refractivity contribution in [3.8, 4) is 17.2 Å². The lowest BCUT2D eigenvalue weighted by molar-refractivity contribution is 0.0973. The molecule has 0 aliphatic carbocycles. The molecule has 2 N–H and O–H groups in total. The maximum atomic E-state index is 9.89. The van der Waals surface area contributed by atoms with Gasteiger partial charge in [-0.25, -0.2) is 0 Å². The summed E-state index contributed by atoms with van der Waals surface area (Å²) < 4.78 is 16.2. The molecular formula is C15H21NO4. The molecule has 0 aromatic heterocycles. The summed E-state index contributed by atoms with van der Waals surface area (Å²) in [5.74, 6) is 0.915. The fraction of sp³-hybridized carbons (Fsp3) is 0.600. The second-order valence-electron chi connectivity index (χ2n) is 5.45. The number of aromatic hydroxyl groups is 1. The van der Waals surface area contributed by atoms with E-state index >= 15 is 0 Å². The number of phenolic OH excluding ortho intramolecular Hbond substituents is 1. The summed E-state index contributed by atoms with van der Waals surface area (Å²) in [5, 5.41) is 13.4. The maximum Gasteiger partial charge on any atom is 0.200 e. The van der Waals surface area contributed by atoms with Gasteiger partial charge in [-0.3, -0.25) is 0 Å². The molecule has 2 saturated heterocycles. The van der Waals surface area contributed by atoms with E-state index in [1.54, 1.807) is 0 Å². The Bertz CT molecular complexity index is 466. The van der Waals surface area contributed by atoms with Crippen molar-refractivity contribution in [1.29, 1.82) is 0 Å². The third-order valence-corrected chi connectivity index (χ3v) is 4.21. The highest BCUT2D eigenvalue weighted by atomic mass is 16.5. The van der Waals surface area contributed by atoms with Crippen LogP contribution < -0.4 is 14.8 Å². The van der Waals surface area contributed by atoms with Gasteiger partial charge in [0.2, 0.25) is 5.75 Å². The van der Waals surface area contributed by atoms with Crippen molar-refractivity contribution in [2.45, 2.75) is 44.1 Å². The van der Waals surface area contributed by atoms with Crippen LogP contribution in [0.25, 0.3) is 0 Å². The molecule has 2 fully saturated rings. The number of rotatable bonds is 5. The number of benzene rings is 1. The molecule has 20 heavy (non-hydrogen) atoms. The fourth-order valence-corrected chi connectivity index (χ4v) is 3.15. The molecule has 0 spiro atoms. The minimum Gasteiger partial charge on any atom is -0.502 e. The Morgan fingerprint density at radius 3 is 2.45 bits per heavy atom. The van der Waals surface area contributed by atoms with E-state index in [0.717, 1.165) is 18.4 Å². The van der Waals surface area contributed by atoms with E-state index in [2.05, 4.69) is 5.32 Å². The van der Waals surface area contributed by atoms with Crippen LogP contribution in [-0.4, -0.2) is 37.6 Å². The summed E-state index contributed by atoms with van der Waals surface area (Å²) in [7, 11) is 3.07. The zero-order valence-corrected chi connectivity index (χ0v) is 11.9. The maximum absolute atomic E-state index is 9.89. The highest BCUT2D eigenvalue weighted by Crippen LogP contribution is 2.38. The van der Waals surface area contributed by atoms with Crippen LogP contribution in [-0.2, 0) is 11.3 Å². The molecule has 5 heteroatoms. The zero-order valence-electron chi connectivity index (χ0n) is 11.9. The van der Waals surface area contributed by atoms with E-state index in [-0.39, 0.29) is 5.75 Å². The minimum absolute atomic E-state index is 0.0435. The SMILES string of the molecule is COc1cc(CNC2CC3CCC2O3)cc(OC)c1O. The average molecular weight is 279 g/mol. The second-order valence-corrected chi connectivity index (χ2v) is 5.45. The van der Waals surface area contributed by atoms with Crippen LogP contribution in [0, 0.1) is 0 Å². The first kappa shape index (κ1) is 13.5. The number of ether oxygens (including phenoxy) is 3. The van der Waals surface area contributed by atoms with Crippen LogP contribution in [0.2, 0.25) is 0 Å². The predicted octanol–water partition coefficient (Wildman–Crippen LogP) is 1.82. The molecule has 2 bridgehead atoms. The van der Waals surface area contributed by atoms with Gasteiger partial charge in [0.15, 0.2) is 11.5 Å².